The SMILES string of the molecule is N#CC1(NC(=O)C(CS(=O)(=O)Cc2c(F)cc(F)cc2F)N[C@H](c2ccc(F)cc2)C(F)(F)F)CC1. The van der Waals surface area contributed by atoms with E-state index in [1.807, 2.05) is 5.32 Å². The highest BCUT2D eigenvalue weighted by molar-refractivity contribution is 7.90. The van der Waals surface area contributed by atoms with Gasteiger partial charge in [0.1, 0.15) is 40.9 Å². The first-order valence-electron chi connectivity index (χ1n) is 10.3. The van der Waals surface area contributed by atoms with E-state index in [1.165, 1.54) is 0 Å². The first-order valence-corrected chi connectivity index (χ1v) is 12.1. The Balaban J connectivity index is 1.93. The minimum Gasteiger partial charge on any atom is -0.336 e. The smallest absolute Gasteiger partial charge is 0.336 e. The molecule has 2 aromatic carbocycles. The van der Waals surface area contributed by atoms with Crippen molar-refractivity contribution < 1.29 is 43.9 Å². The Morgan fingerprint density at radius 2 is 1.58 bits per heavy atom. The van der Waals surface area contributed by atoms with Gasteiger partial charge in [0.05, 0.1) is 17.6 Å². The van der Waals surface area contributed by atoms with Crippen LogP contribution in [0.15, 0.2) is 36.4 Å². The molecule has 1 amide bonds. The number of hydrogen-bond acceptors (Lipinski definition) is 5. The summed E-state index contributed by atoms with van der Waals surface area (Å²) >= 11 is 0. The molecule has 36 heavy (non-hydrogen) atoms. The van der Waals surface area contributed by atoms with Crippen molar-refractivity contribution in [3.8, 4) is 6.07 Å². The predicted molar refractivity (Wildman–Crippen MR) is 112 cm³/mol. The maximum absolute atomic E-state index is 14.0. The van der Waals surface area contributed by atoms with Crippen LogP contribution in [0.1, 0.15) is 30.0 Å². The highest BCUT2D eigenvalue weighted by atomic mass is 32.2. The van der Waals surface area contributed by atoms with Gasteiger partial charge in [-0.25, -0.2) is 26.0 Å². The maximum Gasteiger partial charge on any atom is 0.407 e. The standard InChI is InChI=1S/C22H18F7N3O3S/c23-13-3-1-12(2-4-13)19(22(27,28)29)31-18(20(33)32-21(11-30)5-6-21)10-36(34,35)9-15-16(25)7-14(24)8-17(15)26/h1-4,7-8,18-19,31H,5-6,9-10H2,(H,32,33)/t18?,19-/m1/s1. The van der Waals surface area contributed by atoms with Gasteiger partial charge in [-0.15, -0.1) is 0 Å². The Hall–Kier alpha value is -3.18. The zero-order valence-corrected chi connectivity index (χ0v) is 19.0. The summed E-state index contributed by atoms with van der Waals surface area (Å²) < 4.78 is 121. The van der Waals surface area contributed by atoms with Crippen LogP contribution >= 0.6 is 0 Å². The van der Waals surface area contributed by atoms with E-state index in [0.717, 1.165) is 24.3 Å². The zero-order valence-electron chi connectivity index (χ0n) is 18.2. The van der Waals surface area contributed by atoms with E-state index in [1.54, 1.807) is 6.07 Å². The summed E-state index contributed by atoms with van der Waals surface area (Å²) in [7, 11) is -4.69. The van der Waals surface area contributed by atoms with Gasteiger partial charge in [-0.05, 0) is 30.5 Å². The van der Waals surface area contributed by atoms with Gasteiger partial charge in [0, 0.05) is 17.7 Å². The topological polar surface area (TPSA) is 99.1 Å². The molecule has 0 saturated heterocycles. The van der Waals surface area contributed by atoms with Crippen molar-refractivity contribution in [3.05, 3.63) is 70.8 Å². The third-order valence-electron chi connectivity index (χ3n) is 5.43. The molecule has 6 nitrogen and oxygen atoms in total. The van der Waals surface area contributed by atoms with Crippen LogP contribution in [-0.4, -0.2) is 37.8 Å². The molecule has 194 valence electrons. The third-order valence-corrected chi connectivity index (χ3v) is 7.00. The summed E-state index contributed by atoms with van der Waals surface area (Å²) in [5.74, 6) is -9.24. The fourth-order valence-corrected chi connectivity index (χ4v) is 4.98. The highest BCUT2D eigenvalue weighted by Crippen LogP contribution is 2.36. The van der Waals surface area contributed by atoms with Crippen LogP contribution < -0.4 is 10.6 Å². The number of hydrogen-bond donors (Lipinski definition) is 2. The summed E-state index contributed by atoms with van der Waals surface area (Å²) in [6.07, 6.45) is -4.72. The summed E-state index contributed by atoms with van der Waals surface area (Å²) in [6.45, 7) is 0. The van der Waals surface area contributed by atoms with E-state index in [4.69, 9.17) is 0 Å². The van der Waals surface area contributed by atoms with Gasteiger partial charge < -0.3 is 5.32 Å². The fraction of sp³-hybridized carbons (Fsp3) is 0.364. The Morgan fingerprint density at radius 3 is 2.06 bits per heavy atom. The molecule has 0 heterocycles. The monoisotopic (exact) mass is 537 g/mol. The molecule has 1 aliphatic carbocycles. The van der Waals surface area contributed by atoms with Crippen molar-refractivity contribution in [1.82, 2.24) is 10.6 Å². The van der Waals surface area contributed by atoms with Crippen molar-refractivity contribution in [2.45, 2.75) is 42.4 Å². The fourth-order valence-electron chi connectivity index (χ4n) is 3.39. The molecule has 14 heteroatoms. The second-order valence-corrected chi connectivity index (χ2v) is 10.4. The van der Waals surface area contributed by atoms with Gasteiger partial charge in [-0.1, -0.05) is 12.1 Å². The molecule has 3 rings (SSSR count). The third kappa shape index (κ3) is 6.73. The van der Waals surface area contributed by atoms with Crippen LogP contribution in [0.2, 0.25) is 0 Å². The molecule has 1 saturated carbocycles. The van der Waals surface area contributed by atoms with Crippen LogP contribution in [0.4, 0.5) is 30.7 Å². The van der Waals surface area contributed by atoms with Gasteiger partial charge in [0.15, 0.2) is 9.84 Å². The van der Waals surface area contributed by atoms with Crippen molar-refractivity contribution >= 4 is 15.7 Å². The number of halogens is 7. The number of benzene rings is 2. The van der Waals surface area contributed by atoms with Gasteiger partial charge in [-0.2, -0.15) is 18.4 Å². The average molecular weight is 537 g/mol. The Kier molecular flexibility index (Phi) is 7.66. The van der Waals surface area contributed by atoms with E-state index >= 15 is 0 Å². The molecule has 0 spiro atoms. The van der Waals surface area contributed by atoms with Gasteiger partial charge in [-0.3, -0.25) is 10.1 Å². The second kappa shape index (κ2) is 10.1. The van der Waals surface area contributed by atoms with E-state index in [-0.39, 0.29) is 25.0 Å². The maximum atomic E-state index is 14.0. The first kappa shape index (κ1) is 27.4. The molecule has 1 unspecified atom stereocenters. The van der Waals surface area contributed by atoms with Crippen LogP contribution in [-0.2, 0) is 20.4 Å². The zero-order chi connectivity index (χ0) is 26.9. The van der Waals surface area contributed by atoms with Gasteiger partial charge in [0.2, 0.25) is 5.91 Å². The summed E-state index contributed by atoms with van der Waals surface area (Å²) in [5.41, 5.74) is -2.98. The molecule has 1 aliphatic rings. The Morgan fingerprint density at radius 1 is 1.03 bits per heavy atom. The average Bonchev–Trinajstić information content (AvgIpc) is 3.53. The number of nitrogens with one attached hydrogen (secondary N) is 2. The molecular formula is C22H18F7N3O3S. The molecule has 0 aromatic heterocycles. The lowest BCUT2D eigenvalue weighted by Gasteiger charge is -2.28. The Labute approximate surface area is 201 Å². The van der Waals surface area contributed by atoms with Crippen molar-refractivity contribution in [3.63, 3.8) is 0 Å². The highest BCUT2D eigenvalue weighted by Gasteiger charge is 2.48. The van der Waals surface area contributed by atoms with Crippen molar-refractivity contribution in [1.29, 1.82) is 5.26 Å². The lowest BCUT2D eigenvalue weighted by atomic mass is 10.0. The second-order valence-electron chi connectivity index (χ2n) is 8.33. The minimum absolute atomic E-state index is 0.182. The largest absolute Gasteiger partial charge is 0.407 e. The normalized spacial score (nSPS) is 16.6. The van der Waals surface area contributed by atoms with E-state index in [0.29, 0.717) is 0 Å². The molecule has 2 aromatic rings. The molecule has 2 atom stereocenters. The number of carbonyl (C=O) groups excluding carboxylic acids is 1. The number of carbonyl (C=O) groups is 1. The molecule has 0 bridgehead atoms. The van der Waals surface area contributed by atoms with Gasteiger partial charge >= 0.3 is 6.18 Å². The van der Waals surface area contributed by atoms with Crippen molar-refractivity contribution in [2.24, 2.45) is 0 Å². The van der Waals surface area contributed by atoms with Crippen LogP contribution in [0.3, 0.4) is 0 Å². The van der Waals surface area contributed by atoms with E-state index < -0.39 is 85.4 Å². The molecule has 2 N–H and O–H groups in total. The number of sulfone groups is 1. The Bertz CT molecular complexity index is 1260. The number of amides is 1. The molecule has 1 fully saturated rings. The summed E-state index contributed by atoms with van der Waals surface area (Å²) in [5, 5.41) is 13.3. The number of alkyl halides is 3. The molecule has 0 radical (unpaired) electrons. The summed E-state index contributed by atoms with van der Waals surface area (Å²) in [4.78, 5) is 12.8. The first-order chi connectivity index (χ1) is 16.6. The lowest BCUT2D eigenvalue weighted by molar-refractivity contribution is -0.160. The van der Waals surface area contributed by atoms with Crippen LogP contribution in [0.25, 0.3) is 0 Å². The van der Waals surface area contributed by atoms with Gasteiger partial charge in [0.25, 0.3) is 0 Å². The minimum atomic E-state index is -5.08. The van der Waals surface area contributed by atoms with Crippen LogP contribution in [0.5, 0.6) is 0 Å². The number of nitriles is 1. The van der Waals surface area contributed by atoms with E-state index in [9.17, 15) is 49.2 Å². The molecular weight excluding hydrogens is 519 g/mol. The predicted octanol–water partition coefficient (Wildman–Crippen LogP) is 3.59. The quantitative estimate of drug-likeness (QED) is 0.477. The number of rotatable bonds is 9. The molecule has 0 aliphatic heterocycles. The lowest BCUT2D eigenvalue weighted by Crippen LogP contribution is -2.54. The van der Waals surface area contributed by atoms with Crippen molar-refractivity contribution in [2.75, 3.05) is 5.75 Å². The van der Waals surface area contributed by atoms with Crippen LogP contribution in [0, 0.1) is 34.6 Å². The van der Waals surface area contributed by atoms with E-state index in [2.05, 4.69) is 5.32 Å². The number of nitrogens with zero attached hydrogens (tertiary/aromatic N) is 1. The summed E-state index contributed by atoms with van der Waals surface area (Å²) in [6, 6.07) is 0.493.